The van der Waals surface area contributed by atoms with Crippen molar-refractivity contribution in [1.29, 1.82) is 0 Å². The van der Waals surface area contributed by atoms with E-state index in [1.807, 2.05) is 72.4 Å². The molecule has 0 aliphatic carbocycles. The van der Waals surface area contributed by atoms with Crippen LogP contribution in [0.25, 0.3) is 11.3 Å². The summed E-state index contributed by atoms with van der Waals surface area (Å²) in [6.45, 7) is 3.34. The normalized spacial score (nSPS) is 17.2. The van der Waals surface area contributed by atoms with Crippen molar-refractivity contribution in [2.75, 3.05) is 6.61 Å². The number of hydrogen-bond donors (Lipinski definition) is 1. The zero-order chi connectivity index (χ0) is 20.2. The van der Waals surface area contributed by atoms with Crippen molar-refractivity contribution in [3.63, 3.8) is 0 Å². The summed E-state index contributed by atoms with van der Waals surface area (Å²) in [5.74, 6) is -0.141. The first-order valence-corrected chi connectivity index (χ1v) is 10.3. The Hall–Kier alpha value is -2.63. The highest BCUT2D eigenvalue weighted by atomic mass is 35.5. The number of amides is 1. The van der Waals surface area contributed by atoms with Gasteiger partial charge in [-0.15, -0.1) is 0 Å². The standard InChI is InChI=1S/C23H24ClN3O2/c1-16(21-8-5-13-29-21)25-23(28)20-15-27(14-17-6-3-2-4-7-17)26-22(20)18-9-11-19(24)12-10-18/h2-4,6-7,9-12,15-16,21H,5,8,13-14H2,1H3,(H,25,28)/t16-,21-/m1/s1. The lowest BCUT2D eigenvalue weighted by Crippen LogP contribution is -2.40. The molecule has 150 valence electrons. The minimum atomic E-state index is -0.141. The molecule has 2 aromatic carbocycles. The van der Waals surface area contributed by atoms with E-state index in [4.69, 9.17) is 21.4 Å². The molecule has 2 heterocycles. The molecule has 5 nitrogen and oxygen atoms in total. The minimum Gasteiger partial charge on any atom is -0.376 e. The van der Waals surface area contributed by atoms with Gasteiger partial charge in [0, 0.05) is 23.4 Å². The molecule has 4 rings (SSSR count). The molecule has 0 radical (unpaired) electrons. The van der Waals surface area contributed by atoms with Crippen molar-refractivity contribution in [2.45, 2.75) is 38.5 Å². The molecule has 1 saturated heterocycles. The zero-order valence-electron chi connectivity index (χ0n) is 16.3. The zero-order valence-corrected chi connectivity index (χ0v) is 17.1. The van der Waals surface area contributed by atoms with Gasteiger partial charge in [-0.3, -0.25) is 9.48 Å². The van der Waals surface area contributed by atoms with E-state index in [0.717, 1.165) is 30.6 Å². The third kappa shape index (κ3) is 4.69. The molecule has 0 saturated carbocycles. The van der Waals surface area contributed by atoms with Crippen LogP contribution in [0.15, 0.2) is 60.8 Å². The quantitative estimate of drug-likeness (QED) is 0.649. The van der Waals surface area contributed by atoms with E-state index < -0.39 is 0 Å². The van der Waals surface area contributed by atoms with Gasteiger partial charge in [0.25, 0.3) is 5.91 Å². The summed E-state index contributed by atoms with van der Waals surface area (Å²) in [4.78, 5) is 13.1. The molecule has 0 spiro atoms. The van der Waals surface area contributed by atoms with Gasteiger partial charge in [0.05, 0.1) is 24.3 Å². The fourth-order valence-electron chi connectivity index (χ4n) is 3.63. The lowest BCUT2D eigenvalue weighted by Gasteiger charge is -2.19. The first-order chi connectivity index (χ1) is 14.1. The fraction of sp³-hybridized carbons (Fsp3) is 0.304. The number of nitrogens with one attached hydrogen (secondary N) is 1. The van der Waals surface area contributed by atoms with Crippen LogP contribution in [0.2, 0.25) is 5.02 Å². The van der Waals surface area contributed by atoms with Crippen molar-refractivity contribution in [3.05, 3.63) is 76.9 Å². The van der Waals surface area contributed by atoms with E-state index in [1.54, 1.807) is 0 Å². The van der Waals surface area contributed by atoms with E-state index in [-0.39, 0.29) is 18.1 Å². The predicted molar refractivity (Wildman–Crippen MR) is 114 cm³/mol. The predicted octanol–water partition coefficient (Wildman–Crippen LogP) is 4.55. The Morgan fingerprint density at radius 3 is 2.69 bits per heavy atom. The first-order valence-electron chi connectivity index (χ1n) is 9.90. The maximum absolute atomic E-state index is 13.1. The highest BCUT2D eigenvalue weighted by molar-refractivity contribution is 6.30. The van der Waals surface area contributed by atoms with Gasteiger partial charge in [-0.05, 0) is 37.5 Å². The van der Waals surface area contributed by atoms with Gasteiger partial charge in [0.15, 0.2) is 0 Å². The number of carbonyl (C=O) groups excluding carboxylic acids is 1. The molecule has 0 bridgehead atoms. The van der Waals surface area contributed by atoms with Crippen LogP contribution in [0.3, 0.4) is 0 Å². The molecule has 29 heavy (non-hydrogen) atoms. The van der Waals surface area contributed by atoms with Crippen molar-refractivity contribution < 1.29 is 9.53 Å². The third-order valence-corrected chi connectivity index (χ3v) is 5.44. The maximum Gasteiger partial charge on any atom is 0.255 e. The summed E-state index contributed by atoms with van der Waals surface area (Å²) >= 11 is 6.04. The average Bonchev–Trinajstić information content (AvgIpc) is 3.40. The maximum atomic E-state index is 13.1. The number of nitrogens with zero attached hydrogens (tertiary/aromatic N) is 2. The summed E-state index contributed by atoms with van der Waals surface area (Å²) < 4.78 is 7.52. The van der Waals surface area contributed by atoms with Gasteiger partial charge in [-0.1, -0.05) is 54.1 Å². The Bertz CT molecular complexity index is 964. The highest BCUT2D eigenvalue weighted by Gasteiger charge is 2.26. The Morgan fingerprint density at radius 1 is 1.24 bits per heavy atom. The topological polar surface area (TPSA) is 56.2 Å². The van der Waals surface area contributed by atoms with Gasteiger partial charge in [-0.2, -0.15) is 5.10 Å². The lowest BCUT2D eigenvalue weighted by atomic mass is 10.1. The van der Waals surface area contributed by atoms with Crippen LogP contribution in [0.4, 0.5) is 0 Å². The molecular formula is C23H24ClN3O2. The van der Waals surface area contributed by atoms with Gasteiger partial charge < -0.3 is 10.1 Å². The second-order valence-electron chi connectivity index (χ2n) is 7.40. The van der Waals surface area contributed by atoms with Gasteiger partial charge in [0.1, 0.15) is 5.69 Å². The molecular weight excluding hydrogens is 386 g/mol. The van der Waals surface area contributed by atoms with Crippen LogP contribution in [-0.4, -0.2) is 34.4 Å². The summed E-state index contributed by atoms with van der Waals surface area (Å²) in [7, 11) is 0. The van der Waals surface area contributed by atoms with E-state index in [1.165, 1.54) is 0 Å². The molecule has 3 aromatic rings. The molecule has 1 aliphatic rings. The number of hydrogen-bond acceptors (Lipinski definition) is 3. The van der Waals surface area contributed by atoms with Gasteiger partial charge in [0.2, 0.25) is 0 Å². The van der Waals surface area contributed by atoms with Crippen molar-refractivity contribution in [2.24, 2.45) is 0 Å². The number of rotatable bonds is 6. The minimum absolute atomic E-state index is 0.0551. The highest BCUT2D eigenvalue weighted by Crippen LogP contribution is 2.25. The molecule has 6 heteroatoms. The Morgan fingerprint density at radius 2 is 2.00 bits per heavy atom. The monoisotopic (exact) mass is 409 g/mol. The van der Waals surface area contributed by atoms with Crippen LogP contribution < -0.4 is 5.32 Å². The molecule has 1 amide bonds. The van der Waals surface area contributed by atoms with Crippen LogP contribution in [-0.2, 0) is 11.3 Å². The van der Waals surface area contributed by atoms with E-state index in [9.17, 15) is 4.79 Å². The fourth-order valence-corrected chi connectivity index (χ4v) is 3.76. The Labute approximate surface area is 175 Å². The Kier molecular flexibility index (Phi) is 5.97. The summed E-state index contributed by atoms with van der Waals surface area (Å²) in [6, 6.07) is 17.4. The lowest BCUT2D eigenvalue weighted by molar-refractivity contribution is 0.0712. The molecule has 0 unspecified atom stereocenters. The number of halogens is 1. The molecule has 1 fully saturated rings. The van der Waals surface area contributed by atoms with Crippen LogP contribution in [0, 0.1) is 0 Å². The average molecular weight is 410 g/mol. The largest absolute Gasteiger partial charge is 0.376 e. The van der Waals surface area contributed by atoms with Crippen molar-refractivity contribution >= 4 is 17.5 Å². The molecule has 1 N–H and O–H groups in total. The molecule has 1 aliphatic heterocycles. The van der Waals surface area contributed by atoms with Gasteiger partial charge in [-0.25, -0.2) is 0 Å². The van der Waals surface area contributed by atoms with Crippen molar-refractivity contribution in [3.8, 4) is 11.3 Å². The number of carbonyl (C=O) groups is 1. The second kappa shape index (κ2) is 8.80. The van der Waals surface area contributed by atoms with Crippen LogP contribution in [0.5, 0.6) is 0 Å². The summed E-state index contributed by atoms with van der Waals surface area (Å²) in [6.07, 6.45) is 3.89. The smallest absolute Gasteiger partial charge is 0.255 e. The van der Waals surface area contributed by atoms with Crippen LogP contribution >= 0.6 is 11.6 Å². The van der Waals surface area contributed by atoms with Crippen LogP contribution in [0.1, 0.15) is 35.7 Å². The van der Waals surface area contributed by atoms with E-state index in [2.05, 4.69) is 5.32 Å². The van der Waals surface area contributed by atoms with Gasteiger partial charge >= 0.3 is 0 Å². The second-order valence-corrected chi connectivity index (χ2v) is 7.83. The molecule has 1 aromatic heterocycles. The number of benzene rings is 2. The third-order valence-electron chi connectivity index (χ3n) is 5.19. The summed E-state index contributed by atoms with van der Waals surface area (Å²) in [5.41, 5.74) is 3.18. The van der Waals surface area contributed by atoms with Crippen molar-refractivity contribution in [1.82, 2.24) is 15.1 Å². The molecule has 2 atom stereocenters. The summed E-state index contributed by atoms with van der Waals surface area (Å²) in [5, 5.41) is 8.45. The van der Waals surface area contributed by atoms with E-state index >= 15 is 0 Å². The number of ether oxygens (including phenoxy) is 1. The Balaban J connectivity index is 1.62. The SMILES string of the molecule is C[C@@H](NC(=O)c1cn(Cc2ccccc2)nc1-c1ccc(Cl)cc1)[C@H]1CCCO1. The van der Waals surface area contributed by atoms with E-state index in [0.29, 0.717) is 22.8 Å². The first kappa shape index (κ1) is 19.7. The number of aromatic nitrogens is 2.